The number of nitrogens with one attached hydrogen (secondary N) is 1. The fourth-order valence-electron chi connectivity index (χ4n) is 2.22. The van der Waals surface area contributed by atoms with Crippen LogP contribution in [0.15, 0.2) is 36.4 Å². The summed E-state index contributed by atoms with van der Waals surface area (Å²) in [5.74, 6) is 0.159. The zero-order valence-corrected chi connectivity index (χ0v) is 15.3. The lowest BCUT2D eigenvalue weighted by Crippen LogP contribution is -2.42. The average molecular weight is 363 g/mol. The number of carbonyl (C=O) groups is 1. The second-order valence-corrected chi connectivity index (χ2v) is 7.51. The maximum atomic E-state index is 12.6. The van der Waals surface area contributed by atoms with E-state index in [1.807, 2.05) is 32.9 Å². The fourth-order valence-corrected chi connectivity index (χ4v) is 3.28. The van der Waals surface area contributed by atoms with Crippen LogP contribution in [0.5, 0.6) is 5.75 Å². The van der Waals surface area contributed by atoms with E-state index >= 15 is 0 Å². The van der Waals surface area contributed by atoms with Gasteiger partial charge in [-0.1, -0.05) is 37.6 Å². The van der Waals surface area contributed by atoms with Crippen molar-refractivity contribution in [1.82, 2.24) is 5.32 Å². The van der Waals surface area contributed by atoms with Gasteiger partial charge in [-0.05, 0) is 37.1 Å². The van der Waals surface area contributed by atoms with Crippen molar-refractivity contribution in [2.24, 2.45) is 5.92 Å². The molecular formula is C18H19ClN2O2S. The van der Waals surface area contributed by atoms with Crippen molar-refractivity contribution in [2.75, 3.05) is 0 Å². The number of carbonyl (C=O) groups excluding carboxylic acids is 1. The van der Waals surface area contributed by atoms with Crippen molar-refractivity contribution in [1.29, 1.82) is 5.26 Å². The molecule has 24 heavy (non-hydrogen) atoms. The third-order valence-electron chi connectivity index (χ3n) is 3.50. The van der Waals surface area contributed by atoms with Gasteiger partial charge in [0.15, 0.2) is 6.10 Å². The lowest BCUT2D eigenvalue weighted by molar-refractivity contribution is -0.130. The highest BCUT2D eigenvalue weighted by molar-refractivity contribution is 7.16. The minimum atomic E-state index is -0.683. The SMILES string of the molecule is CC(NC(=O)C(Oc1ccccc1C#N)C(C)C)c1ccc(Cl)s1. The Hall–Kier alpha value is -2.03. The van der Waals surface area contributed by atoms with Crippen molar-refractivity contribution >= 4 is 28.8 Å². The Balaban J connectivity index is 2.12. The van der Waals surface area contributed by atoms with Crippen molar-refractivity contribution in [2.45, 2.75) is 32.9 Å². The van der Waals surface area contributed by atoms with Gasteiger partial charge in [-0.2, -0.15) is 5.26 Å². The number of hydrogen-bond donors (Lipinski definition) is 1. The van der Waals surface area contributed by atoms with E-state index in [9.17, 15) is 4.79 Å². The molecule has 1 N–H and O–H groups in total. The van der Waals surface area contributed by atoms with Crippen molar-refractivity contribution in [3.63, 3.8) is 0 Å². The summed E-state index contributed by atoms with van der Waals surface area (Å²) in [5.41, 5.74) is 0.411. The molecule has 0 radical (unpaired) electrons. The van der Waals surface area contributed by atoms with Gasteiger partial charge >= 0.3 is 0 Å². The van der Waals surface area contributed by atoms with Gasteiger partial charge in [0.1, 0.15) is 11.8 Å². The molecule has 2 aromatic rings. The Morgan fingerprint density at radius 3 is 2.54 bits per heavy atom. The number of para-hydroxylation sites is 1. The minimum Gasteiger partial charge on any atom is -0.479 e. The molecule has 0 bridgehead atoms. The van der Waals surface area contributed by atoms with Crippen LogP contribution >= 0.6 is 22.9 Å². The Morgan fingerprint density at radius 2 is 1.96 bits per heavy atom. The molecule has 1 aromatic carbocycles. The molecule has 0 fully saturated rings. The zero-order chi connectivity index (χ0) is 17.7. The van der Waals surface area contributed by atoms with E-state index in [1.165, 1.54) is 11.3 Å². The molecule has 2 atom stereocenters. The summed E-state index contributed by atoms with van der Waals surface area (Å²) in [7, 11) is 0. The summed E-state index contributed by atoms with van der Waals surface area (Å²) >= 11 is 7.38. The van der Waals surface area contributed by atoms with Crippen LogP contribution in [0.3, 0.4) is 0 Å². The number of ether oxygens (including phenoxy) is 1. The fraction of sp³-hybridized carbons (Fsp3) is 0.333. The van der Waals surface area contributed by atoms with Crippen LogP contribution in [0.1, 0.15) is 37.3 Å². The van der Waals surface area contributed by atoms with E-state index in [2.05, 4.69) is 11.4 Å². The summed E-state index contributed by atoms with van der Waals surface area (Å²) < 4.78 is 6.53. The molecule has 0 aliphatic rings. The molecule has 0 aliphatic carbocycles. The number of nitrogens with zero attached hydrogens (tertiary/aromatic N) is 1. The molecule has 4 nitrogen and oxygen atoms in total. The van der Waals surface area contributed by atoms with E-state index in [4.69, 9.17) is 21.6 Å². The highest BCUT2D eigenvalue weighted by Crippen LogP contribution is 2.27. The van der Waals surface area contributed by atoms with Gasteiger partial charge in [0.25, 0.3) is 5.91 Å². The smallest absolute Gasteiger partial charge is 0.261 e. The monoisotopic (exact) mass is 362 g/mol. The summed E-state index contributed by atoms with van der Waals surface area (Å²) in [6.45, 7) is 5.72. The Kier molecular flexibility index (Phi) is 6.24. The molecule has 0 aliphatic heterocycles. The maximum absolute atomic E-state index is 12.6. The van der Waals surface area contributed by atoms with E-state index in [1.54, 1.807) is 24.3 Å². The molecule has 2 rings (SSSR count). The first-order chi connectivity index (χ1) is 11.4. The molecule has 1 aromatic heterocycles. The second kappa shape index (κ2) is 8.18. The average Bonchev–Trinajstić information content (AvgIpc) is 2.99. The van der Waals surface area contributed by atoms with Crippen LogP contribution < -0.4 is 10.1 Å². The third kappa shape index (κ3) is 4.50. The lowest BCUT2D eigenvalue weighted by Gasteiger charge is -2.24. The summed E-state index contributed by atoms with van der Waals surface area (Å²) in [4.78, 5) is 13.6. The number of thiophene rings is 1. The number of amides is 1. The van der Waals surface area contributed by atoms with Crippen LogP contribution in [0.25, 0.3) is 0 Å². The number of nitriles is 1. The maximum Gasteiger partial charge on any atom is 0.261 e. The standard InChI is InChI=1S/C18H19ClN2O2S/c1-11(2)17(23-14-7-5-4-6-13(14)10-20)18(22)21-12(3)15-8-9-16(19)24-15/h4-9,11-12,17H,1-3H3,(H,21,22). The van der Waals surface area contributed by atoms with Crippen LogP contribution in [0.2, 0.25) is 4.34 Å². The van der Waals surface area contributed by atoms with E-state index < -0.39 is 6.10 Å². The summed E-state index contributed by atoms with van der Waals surface area (Å²) in [6.07, 6.45) is -0.683. The number of hydrogen-bond acceptors (Lipinski definition) is 4. The molecule has 1 amide bonds. The lowest BCUT2D eigenvalue weighted by atomic mass is 10.1. The Bertz CT molecular complexity index is 751. The Labute approximate surface area is 151 Å². The molecule has 0 saturated heterocycles. The van der Waals surface area contributed by atoms with E-state index in [-0.39, 0.29) is 17.9 Å². The van der Waals surface area contributed by atoms with Crippen molar-refractivity contribution in [3.05, 3.63) is 51.2 Å². The van der Waals surface area contributed by atoms with Crippen LogP contribution in [0.4, 0.5) is 0 Å². The molecule has 2 unspecified atom stereocenters. The minimum absolute atomic E-state index is 0.0455. The largest absolute Gasteiger partial charge is 0.479 e. The molecule has 126 valence electrons. The highest BCUT2D eigenvalue weighted by Gasteiger charge is 2.26. The van der Waals surface area contributed by atoms with Crippen LogP contribution in [-0.2, 0) is 4.79 Å². The normalized spacial score (nSPS) is 13.2. The predicted molar refractivity (Wildman–Crippen MR) is 96.3 cm³/mol. The van der Waals surface area contributed by atoms with Gasteiger partial charge < -0.3 is 10.1 Å². The van der Waals surface area contributed by atoms with E-state index in [0.29, 0.717) is 15.6 Å². The van der Waals surface area contributed by atoms with Gasteiger partial charge in [-0.15, -0.1) is 11.3 Å². The van der Waals surface area contributed by atoms with Gasteiger partial charge in [0.2, 0.25) is 0 Å². The molecule has 0 saturated carbocycles. The van der Waals surface area contributed by atoms with Gasteiger partial charge in [0.05, 0.1) is 15.9 Å². The number of halogens is 1. The first-order valence-corrected chi connectivity index (χ1v) is 8.83. The van der Waals surface area contributed by atoms with E-state index in [0.717, 1.165) is 4.88 Å². The predicted octanol–water partition coefficient (Wildman–Crippen LogP) is 4.55. The number of benzene rings is 1. The molecular weight excluding hydrogens is 344 g/mol. The molecule has 0 spiro atoms. The third-order valence-corrected chi connectivity index (χ3v) is 4.92. The quantitative estimate of drug-likeness (QED) is 0.819. The van der Waals surface area contributed by atoms with Gasteiger partial charge in [-0.3, -0.25) is 4.79 Å². The molecule has 6 heteroatoms. The van der Waals surface area contributed by atoms with Gasteiger partial charge in [-0.25, -0.2) is 0 Å². The van der Waals surface area contributed by atoms with Gasteiger partial charge in [0, 0.05) is 4.88 Å². The first kappa shape index (κ1) is 18.3. The van der Waals surface area contributed by atoms with Crippen LogP contribution in [-0.4, -0.2) is 12.0 Å². The first-order valence-electron chi connectivity index (χ1n) is 7.63. The number of rotatable bonds is 6. The van der Waals surface area contributed by atoms with Crippen molar-refractivity contribution < 1.29 is 9.53 Å². The topological polar surface area (TPSA) is 62.1 Å². The zero-order valence-electron chi connectivity index (χ0n) is 13.7. The van der Waals surface area contributed by atoms with Crippen molar-refractivity contribution in [3.8, 4) is 11.8 Å². The summed E-state index contributed by atoms with van der Waals surface area (Å²) in [6, 6.07) is 12.5. The highest BCUT2D eigenvalue weighted by atomic mass is 35.5. The molecule has 1 heterocycles. The summed E-state index contributed by atoms with van der Waals surface area (Å²) in [5, 5.41) is 12.1. The second-order valence-electron chi connectivity index (χ2n) is 5.76. The van der Waals surface area contributed by atoms with Crippen LogP contribution in [0, 0.1) is 17.2 Å². The Morgan fingerprint density at radius 1 is 1.25 bits per heavy atom.